The molecule has 0 aliphatic rings. The molecule has 140 valence electrons. The molecule has 0 spiro atoms. The molecule has 1 unspecified atom stereocenters. The van der Waals surface area contributed by atoms with Crippen LogP contribution in [0, 0.1) is 0 Å². The lowest BCUT2D eigenvalue weighted by Crippen LogP contribution is -2.23. The Hall–Kier alpha value is -3.08. The molecule has 28 heavy (non-hydrogen) atoms. The summed E-state index contributed by atoms with van der Waals surface area (Å²) in [7, 11) is 0. The fraction of sp³-hybridized carbons (Fsp3) is 0.0870. The highest BCUT2D eigenvalue weighted by Crippen LogP contribution is 2.33. The molecule has 5 heteroatoms. The third-order valence-corrected chi connectivity index (χ3v) is 5.02. The van der Waals surface area contributed by atoms with Crippen molar-refractivity contribution >= 4 is 28.5 Å². The van der Waals surface area contributed by atoms with Gasteiger partial charge in [0.25, 0.3) is 0 Å². The highest BCUT2D eigenvalue weighted by molar-refractivity contribution is 6.30. The molecule has 0 aliphatic heterocycles. The number of fused-ring (bicyclic) bond motifs is 1. The third kappa shape index (κ3) is 3.65. The lowest BCUT2D eigenvalue weighted by molar-refractivity contribution is 0.0689. The number of hydrogen-bond acceptors (Lipinski definition) is 2. The molecule has 4 aromatic rings. The number of rotatable bonds is 6. The van der Waals surface area contributed by atoms with Crippen molar-refractivity contribution in [1.29, 1.82) is 0 Å². The van der Waals surface area contributed by atoms with E-state index in [9.17, 15) is 9.90 Å². The van der Waals surface area contributed by atoms with Gasteiger partial charge in [-0.1, -0.05) is 72.3 Å². The molecule has 1 atom stereocenters. The summed E-state index contributed by atoms with van der Waals surface area (Å²) in [6.45, 7) is 0.594. The number of halogens is 1. The van der Waals surface area contributed by atoms with Crippen LogP contribution >= 0.6 is 11.6 Å². The van der Waals surface area contributed by atoms with E-state index in [0.717, 1.165) is 22.0 Å². The molecule has 0 amide bonds. The van der Waals surface area contributed by atoms with Crippen LogP contribution in [0.1, 0.15) is 33.2 Å². The zero-order chi connectivity index (χ0) is 19.5. The Bertz CT molecular complexity index is 1120. The highest BCUT2D eigenvalue weighted by Gasteiger charge is 2.25. The van der Waals surface area contributed by atoms with Crippen LogP contribution in [0.3, 0.4) is 0 Å². The molecule has 0 saturated carbocycles. The van der Waals surface area contributed by atoms with Gasteiger partial charge in [0.15, 0.2) is 0 Å². The molecule has 0 saturated heterocycles. The van der Waals surface area contributed by atoms with Crippen LogP contribution in [0.4, 0.5) is 0 Å². The van der Waals surface area contributed by atoms with E-state index >= 15 is 0 Å². The first-order chi connectivity index (χ1) is 13.6. The fourth-order valence-corrected chi connectivity index (χ4v) is 3.72. The zero-order valence-corrected chi connectivity index (χ0v) is 15.8. The second-order valence-electron chi connectivity index (χ2n) is 6.62. The van der Waals surface area contributed by atoms with Gasteiger partial charge in [0.05, 0.1) is 6.04 Å². The summed E-state index contributed by atoms with van der Waals surface area (Å²) in [4.78, 5) is 15.0. The summed E-state index contributed by atoms with van der Waals surface area (Å²) >= 11 is 6.24. The van der Waals surface area contributed by atoms with Gasteiger partial charge >= 0.3 is 5.97 Å². The lowest BCUT2D eigenvalue weighted by Gasteiger charge is -2.21. The van der Waals surface area contributed by atoms with E-state index in [4.69, 9.17) is 11.6 Å². The van der Waals surface area contributed by atoms with Crippen molar-refractivity contribution in [3.05, 3.63) is 106 Å². The number of benzene rings is 3. The third-order valence-electron chi connectivity index (χ3n) is 4.78. The monoisotopic (exact) mass is 390 g/mol. The standard InChI is InChI=1S/C23H19ClN2O2/c24-17-10-6-9-16(13-17)21(25-14-15-7-2-1-3-8-15)20-18-11-4-5-12-19(18)26-22(20)23(27)28/h1-13,21,25-26H,14H2,(H,27,28). The highest BCUT2D eigenvalue weighted by atomic mass is 35.5. The Labute approximate surface area is 167 Å². The molecule has 3 N–H and O–H groups in total. The van der Waals surface area contributed by atoms with Crippen molar-refractivity contribution < 1.29 is 9.90 Å². The average Bonchev–Trinajstić information content (AvgIpc) is 3.09. The van der Waals surface area contributed by atoms with Crippen LogP contribution in [0.15, 0.2) is 78.9 Å². The molecule has 4 rings (SSSR count). The van der Waals surface area contributed by atoms with Gasteiger partial charge in [0.1, 0.15) is 5.69 Å². The number of carboxylic acids is 1. The van der Waals surface area contributed by atoms with Crippen molar-refractivity contribution in [3.8, 4) is 0 Å². The van der Waals surface area contributed by atoms with E-state index in [0.29, 0.717) is 17.1 Å². The first-order valence-corrected chi connectivity index (χ1v) is 9.38. The van der Waals surface area contributed by atoms with E-state index < -0.39 is 5.97 Å². The number of H-pyrrole nitrogens is 1. The molecule has 0 aliphatic carbocycles. The number of aromatic carboxylic acids is 1. The lowest BCUT2D eigenvalue weighted by atomic mass is 9.95. The predicted octanol–water partition coefficient (Wildman–Crippen LogP) is 5.40. The van der Waals surface area contributed by atoms with Gasteiger partial charge in [-0.25, -0.2) is 4.79 Å². The maximum atomic E-state index is 12.0. The smallest absolute Gasteiger partial charge is 0.352 e. The Morgan fingerprint density at radius 1 is 1.00 bits per heavy atom. The molecule has 1 heterocycles. The summed E-state index contributed by atoms with van der Waals surface area (Å²) in [5.41, 5.74) is 3.72. The summed E-state index contributed by atoms with van der Waals surface area (Å²) in [5, 5.41) is 14.8. The SMILES string of the molecule is O=C(O)c1[nH]c2ccccc2c1C(NCc1ccccc1)c1cccc(Cl)c1. The van der Waals surface area contributed by atoms with Gasteiger partial charge in [-0.3, -0.25) is 0 Å². The maximum Gasteiger partial charge on any atom is 0.352 e. The first-order valence-electron chi connectivity index (χ1n) is 9.00. The van der Waals surface area contributed by atoms with E-state index in [1.54, 1.807) is 0 Å². The topological polar surface area (TPSA) is 65.1 Å². The van der Waals surface area contributed by atoms with Crippen LogP contribution in [-0.2, 0) is 6.54 Å². The number of carbonyl (C=O) groups is 1. The van der Waals surface area contributed by atoms with Crippen LogP contribution < -0.4 is 5.32 Å². The number of nitrogens with one attached hydrogen (secondary N) is 2. The predicted molar refractivity (Wildman–Crippen MR) is 112 cm³/mol. The van der Waals surface area contributed by atoms with Crippen molar-refractivity contribution in [2.45, 2.75) is 12.6 Å². The maximum absolute atomic E-state index is 12.0. The fourth-order valence-electron chi connectivity index (χ4n) is 3.52. The van der Waals surface area contributed by atoms with Crippen LogP contribution in [0.5, 0.6) is 0 Å². The zero-order valence-electron chi connectivity index (χ0n) is 15.0. The minimum absolute atomic E-state index is 0.187. The van der Waals surface area contributed by atoms with Gasteiger partial charge in [0, 0.05) is 28.0 Å². The van der Waals surface area contributed by atoms with Crippen molar-refractivity contribution in [3.63, 3.8) is 0 Å². The Morgan fingerprint density at radius 2 is 1.75 bits per heavy atom. The summed E-state index contributed by atoms with van der Waals surface area (Å²) in [6, 6.07) is 24.8. The summed E-state index contributed by atoms with van der Waals surface area (Å²) in [5.74, 6) is -0.986. The van der Waals surface area contributed by atoms with Gasteiger partial charge in [0.2, 0.25) is 0 Å². The number of aromatic nitrogens is 1. The molecular formula is C23H19ClN2O2. The molecule has 0 bridgehead atoms. The van der Waals surface area contributed by atoms with E-state index in [2.05, 4.69) is 10.3 Å². The van der Waals surface area contributed by atoms with Crippen LogP contribution in [0.25, 0.3) is 10.9 Å². The quantitative estimate of drug-likeness (QED) is 0.413. The molecule has 0 fully saturated rings. The molecular weight excluding hydrogens is 372 g/mol. The minimum atomic E-state index is -0.986. The van der Waals surface area contributed by atoms with Gasteiger partial charge in [-0.05, 0) is 29.3 Å². The minimum Gasteiger partial charge on any atom is -0.477 e. The van der Waals surface area contributed by atoms with Crippen LogP contribution in [-0.4, -0.2) is 16.1 Å². The second kappa shape index (κ2) is 7.89. The number of para-hydroxylation sites is 1. The van der Waals surface area contributed by atoms with Crippen molar-refractivity contribution in [2.24, 2.45) is 0 Å². The van der Waals surface area contributed by atoms with Crippen molar-refractivity contribution in [1.82, 2.24) is 10.3 Å². The van der Waals surface area contributed by atoms with E-state index in [-0.39, 0.29) is 11.7 Å². The largest absolute Gasteiger partial charge is 0.477 e. The van der Waals surface area contributed by atoms with Gasteiger partial charge < -0.3 is 15.4 Å². The van der Waals surface area contributed by atoms with Crippen LogP contribution in [0.2, 0.25) is 5.02 Å². The summed E-state index contributed by atoms with van der Waals surface area (Å²) in [6.07, 6.45) is 0. The number of aromatic amines is 1. The van der Waals surface area contributed by atoms with E-state index in [1.165, 1.54) is 0 Å². The Kier molecular flexibility index (Phi) is 5.15. The average molecular weight is 391 g/mol. The Morgan fingerprint density at radius 3 is 2.50 bits per heavy atom. The molecule has 4 nitrogen and oxygen atoms in total. The normalized spacial score (nSPS) is 12.2. The van der Waals surface area contributed by atoms with Gasteiger partial charge in [-0.2, -0.15) is 0 Å². The van der Waals surface area contributed by atoms with E-state index in [1.807, 2.05) is 78.9 Å². The molecule has 0 radical (unpaired) electrons. The van der Waals surface area contributed by atoms with Crippen molar-refractivity contribution in [2.75, 3.05) is 0 Å². The second-order valence-corrected chi connectivity index (χ2v) is 7.06. The molecule has 1 aromatic heterocycles. The molecule has 3 aromatic carbocycles. The number of hydrogen-bond donors (Lipinski definition) is 3. The number of carboxylic acid groups (broad SMARTS) is 1. The first kappa shape index (κ1) is 18.3. The summed E-state index contributed by atoms with van der Waals surface area (Å²) < 4.78 is 0. The van der Waals surface area contributed by atoms with Gasteiger partial charge in [-0.15, -0.1) is 0 Å². The Balaban J connectivity index is 1.84.